The van der Waals surface area contributed by atoms with Crippen molar-refractivity contribution in [1.29, 1.82) is 0 Å². The van der Waals surface area contributed by atoms with Crippen LogP contribution in [0.4, 0.5) is 0 Å². The average Bonchev–Trinajstić information content (AvgIpc) is 2.68. The molecule has 0 bridgehead atoms. The topological polar surface area (TPSA) is 60.4 Å². The molecule has 6 heteroatoms. The number of methoxy groups -OCH3 is 1. The predicted molar refractivity (Wildman–Crippen MR) is 80.8 cm³/mol. The first-order chi connectivity index (χ1) is 9.39. The van der Waals surface area contributed by atoms with Crippen LogP contribution < -0.4 is 4.74 Å². The van der Waals surface area contributed by atoms with E-state index in [1.807, 2.05) is 18.2 Å². The smallest absolute Gasteiger partial charge is 0.150 e. The first-order valence-corrected chi connectivity index (χ1v) is 9.05. The van der Waals surface area contributed by atoms with Gasteiger partial charge in [0.05, 0.1) is 23.1 Å². The molecule has 0 amide bonds. The normalized spacial score (nSPS) is 20.8. The van der Waals surface area contributed by atoms with Crippen LogP contribution in [0, 0.1) is 5.92 Å². The Hall–Kier alpha value is -0.880. The molecule has 0 saturated carbocycles. The highest BCUT2D eigenvalue weighted by Gasteiger charge is 2.29. The summed E-state index contributed by atoms with van der Waals surface area (Å²) in [5, 5.41) is 0. The molecule has 1 atom stereocenters. The summed E-state index contributed by atoms with van der Waals surface area (Å²) in [6.07, 6.45) is 1.29. The van der Waals surface area contributed by atoms with Crippen molar-refractivity contribution in [2.45, 2.75) is 19.3 Å². The highest BCUT2D eigenvalue weighted by atomic mass is 79.9. The van der Waals surface area contributed by atoms with E-state index in [-0.39, 0.29) is 23.2 Å². The van der Waals surface area contributed by atoms with E-state index in [9.17, 15) is 13.2 Å². The Morgan fingerprint density at radius 1 is 1.45 bits per heavy atom. The molecule has 1 heterocycles. The van der Waals surface area contributed by atoms with E-state index in [1.165, 1.54) is 0 Å². The molecular weight excluding hydrogens is 344 g/mol. The lowest BCUT2D eigenvalue weighted by molar-refractivity contribution is -0.119. The summed E-state index contributed by atoms with van der Waals surface area (Å²) in [5.74, 6) is 1.19. The van der Waals surface area contributed by atoms with Gasteiger partial charge in [0.2, 0.25) is 0 Å². The van der Waals surface area contributed by atoms with Gasteiger partial charge in [-0.05, 0) is 46.0 Å². The van der Waals surface area contributed by atoms with Crippen molar-refractivity contribution in [3.63, 3.8) is 0 Å². The molecule has 0 aliphatic carbocycles. The summed E-state index contributed by atoms with van der Waals surface area (Å²) in [6, 6.07) is 5.53. The summed E-state index contributed by atoms with van der Waals surface area (Å²) in [7, 11) is -1.32. The highest BCUT2D eigenvalue weighted by molar-refractivity contribution is 9.10. The monoisotopic (exact) mass is 360 g/mol. The lowest BCUT2D eigenvalue weighted by Gasteiger charge is -2.08. The van der Waals surface area contributed by atoms with Crippen LogP contribution in [0.15, 0.2) is 22.7 Å². The lowest BCUT2D eigenvalue weighted by atomic mass is 9.98. The number of carbonyl (C=O) groups is 1. The minimum absolute atomic E-state index is 0.00538. The molecule has 1 aromatic carbocycles. The number of rotatable bonds is 5. The van der Waals surface area contributed by atoms with Crippen LogP contribution in [0.5, 0.6) is 5.75 Å². The van der Waals surface area contributed by atoms with Crippen molar-refractivity contribution < 1.29 is 17.9 Å². The summed E-state index contributed by atoms with van der Waals surface area (Å²) < 4.78 is 28.7. The van der Waals surface area contributed by atoms with E-state index in [0.29, 0.717) is 19.3 Å². The SMILES string of the molecule is COc1ccc(CC(=O)CC2CCS(=O)(=O)C2)cc1Br. The van der Waals surface area contributed by atoms with E-state index in [1.54, 1.807) is 7.11 Å². The molecule has 0 N–H and O–H groups in total. The summed E-state index contributed by atoms with van der Waals surface area (Å²) in [5.41, 5.74) is 0.906. The van der Waals surface area contributed by atoms with Gasteiger partial charge in [-0.3, -0.25) is 4.79 Å². The Balaban J connectivity index is 1.93. The molecule has 1 aromatic rings. The van der Waals surface area contributed by atoms with Crippen molar-refractivity contribution in [3.8, 4) is 5.75 Å². The second-order valence-corrected chi connectivity index (χ2v) is 8.24. The number of ether oxygens (including phenoxy) is 1. The van der Waals surface area contributed by atoms with Gasteiger partial charge < -0.3 is 4.74 Å². The molecule has 1 aliphatic rings. The Bertz CT molecular complexity index is 610. The van der Waals surface area contributed by atoms with Crippen LogP contribution in [-0.4, -0.2) is 32.8 Å². The fraction of sp³-hybridized carbons (Fsp3) is 0.500. The molecule has 1 saturated heterocycles. The van der Waals surface area contributed by atoms with Crippen LogP contribution in [0.25, 0.3) is 0 Å². The number of benzene rings is 1. The van der Waals surface area contributed by atoms with Crippen molar-refractivity contribution in [3.05, 3.63) is 28.2 Å². The van der Waals surface area contributed by atoms with Crippen LogP contribution in [-0.2, 0) is 21.1 Å². The number of hydrogen-bond acceptors (Lipinski definition) is 4. The van der Waals surface area contributed by atoms with Gasteiger partial charge in [-0.2, -0.15) is 0 Å². The van der Waals surface area contributed by atoms with Crippen molar-refractivity contribution in [2.24, 2.45) is 5.92 Å². The number of halogens is 1. The minimum Gasteiger partial charge on any atom is -0.496 e. The van der Waals surface area contributed by atoms with Gasteiger partial charge in [0.1, 0.15) is 11.5 Å². The van der Waals surface area contributed by atoms with Crippen LogP contribution in [0.3, 0.4) is 0 Å². The summed E-state index contributed by atoms with van der Waals surface area (Å²) >= 11 is 3.38. The Morgan fingerprint density at radius 2 is 2.20 bits per heavy atom. The zero-order valence-corrected chi connectivity index (χ0v) is 13.7. The fourth-order valence-corrected chi connectivity index (χ4v) is 4.92. The first-order valence-electron chi connectivity index (χ1n) is 6.44. The van der Waals surface area contributed by atoms with Gasteiger partial charge in [-0.25, -0.2) is 8.42 Å². The average molecular weight is 361 g/mol. The maximum Gasteiger partial charge on any atom is 0.150 e. The molecule has 110 valence electrons. The molecule has 1 unspecified atom stereocenters. The summed E-state index contributed by atoms with van der Waals surface area (Å²) in [4.78, 5) is 12.0. The number of ketones is 1. The Labute approximate surface area is 127 Å². The van der Waals surface area contributed by atoms with E-state index >= 15 is 0 Å². The van der Waals surface area contributed by atoms with Gasteiger partial charge in [0, 0.05) is 12.8 Å². The number of carbonyl (C=O) groups excluding carboxylic acids is 1. The first kappa shape index (κ1) is 15.5. The predicted octanol–water partition coefficient (Wildman–Crippen LogP) is 2.39. The number of sulfone groups is 1. The molecule has 0 aromatic heterocycles. The molecular formula is C14H17BrO4S. The summed E-state index contributed by atoms with van der Waals surface area (Å²) in [6.45, 7) is 0. The van der Waals surface area contributed by atoms with E-state index in [2.05, 4.69) is 15.9 Å². The quantitative estimate of drug-likeness (QED) is 0.808. The lowest BCUT2D eigenvalue weighted by Crippen LogP contribution is -2.12. The van der Waals surface area contributed by atoms with Crippen LogP contribution in [0.1, 0.15) is 18.4 Å². The van der Waals surface area contributed by atoms with Crippen molar-refractivity contribution in [2.75, 3.05) is 18.6 Å². The molecule has 1 aliphatic heterocycles. The molecule has 20 heavy (non-hydrogen) atoms. The van der Waals surface area contributed by atoms with Gasteiger partial charge in [-0.1, -0.05) is 6.07 Å². The zero-order valence-electron chi connectivity index (χ0n) is 11.3. The molecule has 1 fully saturated rings. The fourth-order valence-electron chi connectivity index (χ4n) is 2.47. The Morgan fingerprint density at radius 3 is 2.75 bits per heavy atom. The molecule has 0 spiro atoms. The third-order valence-corrected chi connectivity index (χ3v) is 5.92. The number of Topliss-reactive ketones (excluding diaryl/α,β-unsaturated/α-hetero) is 1. The largest absolute Gasteiger partial charge is 0.496 e. The molecule has 0 radical (unpaired) electrons. The van der Waals surface area contributed by atoms with Crippen LogP contribution >= 0.6 is 15.9 Å². The van der Waals surface area contributed by atoms with Gasteiger partial charge in [0.15, 0.2) is 9.84 Å². The molecule has 4 nitrogen and oxygen atoms in total. The zero-order chi connectivity index (χ0) is 14.8. The third kappa shape index (κ3) is 4.06. The van der Waals surface area contributed by atoms with E-state index < -0.39 is 9.84 Å². The van der Waals surface area contributed by atoms with Crippen LogP contribution in [0.2, 0.25) is 0 Å². The molecule has 2 rings (SSSR count). The maximum absolute atomic E-state index is 12.0. The third-order valence-electron chi connectivity index (χ3n) is 3.46. The number of hydrogen-bond donors (Lipinski definition) is 0. The minimum atomic E-state index is -2.91. The van der Waals surface area contributed by atoms with E-state index in [0.717, 1.165) is 15.8 Å². The van der Waals surface area contributed by atoms with E-state index in [4.69, 9.17) is 4.74 Å². The van der Waals surface area contributed by atoms with Gasteiger partial charge >= 0.3 is 0 Å². The van der Waals surface area contributed by atoms with Crippen molar-refractivity contribution in [1.82, 2.24) is 0 Å². The standard InChI is InChI=1S/C14H17BrO4S/c1-19-14-3-2-10(8-13(14)15)6-12(16)7-11-4-5-20(17,18)9-11/h2-3,8,11H,4-7,9H2,1H3. The maximum atomic E-state index is 12.0. The van der Waals surface area contributed by atoms with Gasteiger partial charge in [0.25, 0.3) is 0 Å². The van der Waals surface area contributed by atoms with Crippen molar-refractivity contribution >= 4 is 31.6 Å². The Kier molecular flexibility index (Phi) is 4.86. The van der Waals surface area contributed by atoms with Gasteiger partial charge in [-0.15, -0.1) is 0 Å². The highest BCUT2D eigenvalue weighted by Crippen LogP contribution is 2.27. The second-order valence-electron chi connectivity index (χ2n) is 5.16. The second kappa shape index (κ2) is 6.26.